The highest BCUT2D eigenvalue weighted by molar-refractivity contribution is 9.11. The van der Waals surface area contributed by atoms with E-state index in [1.165, 1.54) is 19.3 Å². The van der Waals surface area contributed by atoms with Gasteiger partial charge in [0.05, 0.1) is 5.52 Å². The molecule has 0 aliphatic rings. The SMILES string of the molecule is CCCCCC/C(=C/Br)n1c(=O)ccc2ccccc21. The highest BCUT2D eigenvalue weighted by atomic mass is 79.9. The molecule has 106 valence electrons. The maximum absolute atomic E-state index is 12.2. The Kier molecular flexibility index (Phi) is 5.60. The lowest BCUT2D eigenvalue weighted by atomic mass is 10.1. The number of para-hydroxylation sites is 1. The molecule has 3 heteroatoms. The number of hydrogen-bond donors (Lipinski definition) is 0. The molecule has 0 atom stereocenters. The van der Waals surface area contributed by atoms with Crippen molar-refractivity contribution < 1.29 is 0 Å². The van der Waals surface area contributed by atoms with Crippen molar-refractivity contribution in [2.45, 2.75) is 39.0 Å². The van der Waals surface area contributed by atoms with Crippen LogP contribution in [-0.2, 0) is 0 Å². The van der Waals surface area contributed by atoms with Crippen LogP contribution in [0.5, 0.6) is 0 Å². The average Bonchev–Trinajstić information content (AvgIpc) is 2.48. The van der Waals surface area contributed by atoms with Crippen molar-refractivity contribution in [3.05, 3.63) is 51.7 Å². The second-order valence-corrected chi connectivity index (χ2v) is 5.43. The van der Waals surface area contributed by atoms with Gasteiger partial charge in [0.15, 0.2) is 0 Å². The Morgan fingerprint density at radius 3 is 2.70 bits per heavy atom. The summed E-state index contributed by atoms with van der Waals surface area (Å²) in [6.45, 7) is 2.20. The summed E-state index contributed by atoms with van der Waals surface area (Å²) < 4.78 is 1.82. The Morgan fingerprint density at radius 1 is 1.15 bits per heavy atom. The molecule has 0 bridgehead atoms. The van der Waals surface area contributed by atoms with Crippen molar-refractivity contribution in [3.8, 4) is 0 Å². The molecule has 20 heavy (non-hydrogen) atoms. The van der Waals surface area contributed by atoms with Crippen LogP contribution in [0.1, 0.15) is 39.0 Å². The van der Waals surface area contributed by atoms with E-state index in [1.54, 1.807) is 6.07 Å². The molecule has 0 amide bonds. The van der Waals surface area contributed by atoms with Crippen LogP contribution in [0.3, 0.4) is 0 Å². The monoisotopic (exact) mass is 333 g/mol. The summed E-state index contributed by atoms with van der Waals surface area (Å²) in [6, 6.07) is 11.5. The van der Waals surface area contributed by atoms with Crippen LogP contribution in [0.25, 0.3) is 16.6 Å². The number of nitrogens with zero attached hydrogens (tertiary/aromatic N) is 1. The smallest absolute Gasteiger partial charge is 0.255 e. The number of hydrogen-bond acceptors (Lipinski definition) is 1. The molecule has 2 aromatic rings. The maximum atomic E-state index is 12.2. The van der Waals surface area contributed by atoms with E-state index in [1.807, 2.05) is 39.9 Å². The third kappa shape index (κ3) is 3.40. The summed E-state index contributed by atoms with van der Waals surface area (Å²) in [5.41, 5.74) is 2.04. The molecule has 0 radical (unpaired) electrons. The standard InChI is InChI=1S/C17H20BrNO/c1-2-3-4-5-9-15(13-18)19-16-10-7-6-8-14(16)11-12-17(19)20/h6-8,10-13H,2-5,9H2,1H3/b15-13-. The third-order valence-electron chi connectivity index (χ3n) is 3.50. The minimum atomic E-state index is 0.0323. The van der Waals surface area contributed by atoms with Gasteiger partial charge in [0.1, 0.15) is 0 Å². The fourth-order valence-corrected chi connectivity index (χ4v) is 2.86. The van der Waals surface area contributed by atoms with Crippen LogP contribution in [0.4, 0.5) is 0 Å². The lowest BCUT2D eigenvalue weighted by Crippen LogP contribution is -2.18. The molecule has 0 fully saturated rings. The second kappa shape index (κ2) is 7.44. The number of fused-ring (bicyclic) bond motifs is 1. The third-order valence-corrected chi connectivity index (χ3v) is 4.03. The highest BCUT2D eigenvalue weighted by Gasteiger charge is 2.07. The molecule has 0 aliphatic heterocycles. The fraction of sp³-hybridized carbons (Fsp3) is 0.353. The van der Waals surface area contributed by atoms with Gasteiger partial charge in [-0.3, -0.25) is 9.36 Å². The van der Waals surface area contributed by atoms with Gasteiger partial charge in [-0.15, -0.1) is 0 Å². The summed E-state index contributed by atoms with van der Waals surface area (Å²) in [6.07, 6.45) is 5.71. The first-order valence-corrected chi connectivity index (χ1v) is 8.10. The van der Waals surface area contributed by atoms with Gasteiger partial charge in [-0.25, -0.2) is 0 Å². The fourth-order valence-electron chi connectivity index (χ4n) is 2.43. The zero-order valence-corrected chi connectivity index (χ0v) is 13.4. The second-order valence-electron chi connectivity index (χ2n) is 4.98. The quantitative estimate of drug-likeness (QED) is 0.669. The normalized spacial score (nSPS) is 12.0. The van der Waals surface area contributed by atoms with E-state index < -0.39 is 0 Å². The van der Waals surface area contributed by atoms with Gasteiger partial charge in [0.25, 0.3) is 5.56 Å². The number of rotatable bonds is 6. The number of allylic oxidation sites excluding steroid dienone is 1. The number of unbranched alkanes of at least 4 members (excludes halogenated alkanes) is 3. The van der Waals surface area contributed by atoms with Crippen molar-refractivity contribution in [2.75, 3.05) is 0 Å². The molecule has 0 N–H and O–H groups in total. The number of benzene rings is 1. The Hall–Kier alpha value is -1.35. The molecular weight excluding hydrogens is 314 g/mol. The van der Waals surface area contributed by atoms with Crippen molar-refractivity contribution in [3.63, 3.8) is 0 Å². The van der Waals surface area contributed by atoms with E-state index in [0.29, 0.717) is 0 Å². The van der Waals surface area contributed by atoms with Gasteiger partial charge in [-0.05, 0) is 30.4 Å². The molecule has 0 spiro atoms. The van der Waals surface area contributed by atoms with Gasteiger partial charge in [-0.2, -0.15) is 0 Å². The molecule has 0 saturated carbocycles. The van der Waals surface area contributed by atoms with Gasteiger partial charge in [0.2, 0.25) is 0 Å². The molecule has 1 aromatic carbocycles. The van der Waals surface area contributed by atoms with E-state index in [0.717, 1.165) is 29.4 Å². The number of halogens is 1. The summed E-state index contributed by atoms with van der Waals surface area (Å²) in [5.74, 6) is 0. The Morgan fingerprint density at radius 2 is 1.95 bits per heavy atom. The van der Waals surface area contributed by atoms with E-state index in [4.69, 9.17) is 0 Å². The lowest BCUT2D eigenvalue weighted by molar-refractivity contribution is 0.671. The van der Waals surface area contributed by atoms with Gasteiger partial charge in [0, 0.05) is 16.7 Å². The zero-order chi connectivity index (χ0) is 14.4. The van der Waals surface area contributed by atoms with E-state index in [-0.39, 0.29) is 5.56 Å². The minimum Gasteiger partial charge on any atom is -0.280 e. The predicted molar refractivity (Wildman–Crippen MR) is 90.2 cm³/mol. The summed E-state index contributed by atoms with van der Waals surface area (Å²) in [5, 5.41) is 1.09. The average molecular weight is 334 g/mol. The molecule has 0 aliphatic carbocycles. The van der Waals surface area contributed by atoms with Crippen LogP contribution in [0, 0.1) is 0 Å². The first-order chi connectivity index (χ1) is 9.77. The van der Waals surface area contributed by atoms with Crippen LogP contribution in [0.2, 0.25) is 0 Å². The molecule has 1 aromatic heterocycles. The predicted octanol–water partition coefficient (Wildman–Crippen LogP) is 5.17. The lowest BCUT2D eigenvalue weighted by Gasteiger charge is -2.13. The Balaban J connectivity index is 2.34. The van der Waals surface area contributed by atoms with Crippen molar-refractivity contribution in [1.82, 2.24) is 4.57 Å². The van der Waals surface area contributed by atoms with Crippen LogP contribution >= 0.6 is 15.9 Å². The zero-order valence-electron chi connectivity index (χ0n) is 11.8. The van der Waals surface area contributed by atoms with Gasteiger partial charge in [-0.1, -0.05) is 60.3 Å². The summed E-state index contributed by atoms with van der Waals surface area (Å²) in [7, 11) is 0. The molecule has 2 nitrogen and oxygen atoms in total. The van der Waals surface area contributed by atoms with E-state index in [9.17, 15) is 4.79 Å². The molecule has 0 unspecified atom stereocenters. The van der Waals surface area contributed by atoms with Crippen molar-refractivity contribution in [2.24, 2.45) is 0 Å². The largest absolute Gasteiger partial charge is 0.280 e. The van der Waals surface area contributed by atoms with Gasteiger partial charge < -0.3 is 0 Å². The minimum absolute atomic E-state index is 0.0323. The Labute approximate surface area is 128 Å². The summed E-state index contributed by atoms with van der Waals surface area (Å²) in [4.78, 5) is 14.1. The van der Waals surface area contributed by atoms with Crippen molar-refractivity contribution >= 4 is 32.5 Å². The number of pyridine rings is 1. The van der Waals surface area contributed by atoms with Crippen LogP contribution < -0.4 is 5.56 Å². The topological polar surface area (TPSA) is 22.0 Å². The first-order valence-electron chi connectivity index (χ1n) is 7.18. The molecule has 0 saturated heterocycles. The molecular formula is C17H20BrNO. The van der Waals surface area contributed by atoms with Crippen LogP contribution in [-0.4, -0.2) is 4.57 Å². The van der Waals surface area contributed by atoms with Crippen molar-refractivity contribution in [1.29, 1.82) is 0 Å². The molecule has 2 rings (SSSR count). The Bertz CT molecular complexity index is 657. The van der Waals surface area contributed by atoms with E-state index >= 15 is 0 Å². The highest BCUT2D eigenvalue weighted by Crippen LogP contribution is 2.20. The van der Waals surface area contributed by atoms with Crippen LogP contribution in [0.15, 0.2) is 46.2 Å². The van der Waals surface area contributed by atoms with Gasteiger partial charge >= 0.3 is 0 Å². The number of aromatic nitrogens is 1. The summed E-state index contributed by atoms with van der Waals surface area (Å²) >= 11 is 3.42. The maximum Gasteiger partial charge on any atom is 0.255 e. The molecule has 1 heterocycles. The van der Waals surface area contributed by atoms with E-state index in [2.05, 4.69) is 22.9 Å². The first kappa shape index (κ1) is 15.0.